The molecule has 4 heteroatoms. The molecule has 2 amide bonds. The first-order valence-corrected chi connectivity index (χ1v) is 9.67. The monoisotopic (exact) mass is 364 g/mol. The molecule has 0 unspecified atom stereocenters. The molecule has 3 rings (SSSR count). The van der Waals surface area contributed by atoms with Crippen LogP contribution < -0.4 is 5.32 Å². The molecule has 0 bridgehead atoms. The second kappa shape index (κ2) is 8.38. The summed E-state index contributed by atoms with van der Waals surface area (Å²) < 4.78 is 0. The van der Waals surface area contributed by atoms with E-state index in [2.05, 4.69) is 17.4 Å². The molecular weight excluding hydrogens is 336 g/mol. The summed E-state index contributed by atoms with van der Waals surface area (Å²) in [5, 5.41) is 3.03. The lowest BCUT2D eigenvalue weighted by atomic mass is 9.97. The van der Waals surface area contributed by atoms with Gasteiger partial charge >= 0.3 is 0 Å². The Morgan fingerprint density at radius 1 is 1.07 bits per heavy atom. The zero-order chi connectivity index (χ0) is 19.3. The number of carbonyl (C=O) groups is 2. The van der Waals surface area contributed by atoms with Gasteiger partial charge in [-0.1, -0.05) is 60.2 Å². The fraction of sp³-hybridized carbons (Fsp3) is 0.391. The van der Waals surface area contributed by atoms with Crippen molar-refractivity contribution >= 4 is 11.8 Å². The molecule has 0 spiro atoms. The largest absolute Gasteiger partial charge is 0.350 e. The van der Waals surface area contributed by atoms with Gasteiger partial charge in [-0.2, -0.15) is 0 Å². The summed E-state index contributed by atoms with van der Waals surface area (Å²) in [6.45, 7) is 5.04. The van der Waals surface area contributed by atoms with Crippen LogP contribution in [0, 0.1) is 6.92 Å². The van der Waals surface area contributed by atoms with E-state index in [1.807, 2.05) is 56.3 Å². The lowest BCUT2D eigenvalue weighted by Crippen LogP contribution is -2.54. The topological polar surface area (TPSA) is 49.4 Å². The number of benzene rings is 2. The zero-order valence-electron chi connectivity index (χ0n) is 16.2. The van der Waals surface area contributed by atoms with E-state index < -0.39 is 5.54 Å². The Morgan fingerprint density at radius 2 is 1.78 bits per heavy atom. The van der Waals surface area contributed by atoms with Crippen molar-refractivity contribution in [3.8, 4) is 0 Å². The Hall–Kier alpha value is -2.62. The highest BCUT2D eigenvalue weighted by Crippen LogP contribution is 2.30. The van der Waals surface area contributed by atoms with Crippen molar-refractivity contribution in [2.24, 2.45) is 0 Å². The Bertz CT molecular complexity index is 786. The maximum atomic E-state index is 12.9. The van der Waals surface area contributed by atoms with E-state index in [-0.39, 0.29) is 11.8 Å². The number of rotatable bonds is 7. The van der Waals surface area contributed by atoms with Gasteiger partial charge in [0.2, 0.25) is 11.8 Å². The van der Waals surface area contributed by atoms with Crippen LogP contribution in [0.5, 0.6) is 0 Å². The molecule has 0 radical (unpaired) electrons. The minimum atomic E-state index is -0.752. The Morgan fingerprint density at radius 3 is 2.48 bits per heavy atom. The normalized spacial score (nSPS) is 19.3. The van der Waals surface area contributed by atoms with Crippen LogP contribution in [0.2, 0.25) is 0 Å². The lowest BCUT2D eigenvalue weighted by molar-refractivity contribution is -0.140. The Labute approximate surface area is 161 Å². The van der Waals surface area contributed by atoms with Crippen molar-refractivity contribution in [2.75, 3.05) is 6.54 Å². The molecule has 0 aliphatic carbocycles. The van der Waals surface area contributed by atoms with Crippen molar-refractivity contribution in [1.29, 1.82) is 0 Å². The highest BCUT2D eigenvalue weighted by atomic mass is 16.2. The van der Waals surface area contributed by atoms with Crippen LogP contribution in [-0.4, -0.2) is 28.8 Å². The van der Waals surface area contributed by atoms with E-state index in [0.29, 0.717) is 25.9 Å². The van der Waals surface area contributed by atoms with E-state index in [0.717, 1.165) is 18.4 Å². The molecule has 2 aromatic rings. The molecule has 1 N–H and O–H groups in total. The van der Waals surface area contributed by atoms with Gasteiger partial charge in [0.15, 0.2) is 0 Å². The maximum absolute atomic E-state index is 12.9. The van der Waals surface area contributed by atoms with Gasteiger partial charge in [0.1, 0.15) is 5.54 Å². The van der Waals surface area contributed by atoms with Crippen LogP contribution >= 0.6 is 0 Å². The summed E-state index contributed by atoms with van der Waals surface area (Å²) in [5.41, 5.74) is 2.77. The molecule has 142 valence electrons. The molecule has 0 aromatic heterocycles. The fourth-order valence-corrected chi connectivity index (χ4v) is 3.67. The maximum Gasteiger partial charge on any atom is 0.245 e. The average Bonchev–Trinajstić information content (AvgIpc) is 2.98. The van der Waals surface area contributed by atoms with Crippen molar-refractivity contribution in [3.63, 3.8) is 0 Å². The number of likely N-dealkylation sites (tertiary alicyclic amines) is 1. The minimum absolute atomic E-state index is 0.0614. The van der Waals surface area contributed by atoms with Gasteiger partial charge in [-0.15, -0.1) is 0 Å². The summed E-state index contributed by atoms with van der Waals surface area (Å²) in [6, 6.07) is 18.4. The molecule has 27 heavy (non-hydrogen) atoms. The van der Waals surface area contributed by atoms with E-state index in [4.69, 9.17) is 0 Å². The Kier molecular flexibility index (Phi) is 5.94. The number of nitrogens with one attached hydrogen (secondary N) is 1. The SMILES string of the molecule is Cc1ccc(CNC(=O)[C@]2(C)CCC(=O)N2CCCc2ccccc2)cc1. The van der Waals surface area contributed by atoms with Gasteiger partial charge in [0, 0.05) is 19.5 Å². The zero-order valence-corrected chi connectivity index (χ0v) is 16.2. The first-order chi connectivity index (χ1) is 13.0. The van der Waals surface area contributed by atoms with Crippen LogP contribution in [0.25, 0.3) is 0 Å². The summed E-state index contributed by atoms with van der Waals surface area (Å²) >= 11 is 0. The standard InChI is InChI=1S/C23H28N2O2/c1-18-10-12-20(13-11-18)17-24-22(27)23(2)15-14-21(26)25(23)16-6-9-19-7-4-3-5-8-19/h3-5,7-8,10-13H,6,9,14-17H2,1-2H3,(H,24,27)/t23-/m0/s1. The molecule has 1 heterocycles. The van der Waals surface area contributed by atoms with E-state index >= 15 is 0 Å². The number of hydrogen-bond acceptors (Lipinski definition) is 2. The molecule has 1 saturated heterocycles. The van der Waals surface area contributed by atoms with E-state index in [1.165, 1.54) is 11.1 Å². The predicted molar refractivity (Wildman–Crippen MR) is 107 cm³/mol. The van der Waals surface area contributed by atoms with Crippen molar-refractivity contribution in [3.05, 3.63) is 71.3 Å². The van der Waals surface area contributed by atoms with Gasteiger partial charge in [-0.3, -0.25) is 9.59 Å². The molecular formula is C23H28N2O2. The van der Waals surface area contributed by atoms with Crippen molar-refractivity contribution in [1.82, 2.24) is 10.2 Å². The summed E-state index contributed by atoms with van der Waals surface area (Å²) in [7, 11) is 0. The van der Waals surface area contributed by atoms with Crippen molar-refractivity contribution < 1.29 is 9.59 Å². The second-order valence-corrected chi connectivity index (χ2v) is 7.58. The van der Waals surface area contributed by atoms with Crippen LogP contribution in [-0.2, 0) is 22.6 Å². The average molecular weight is 364 g/mol. The van der Waals surface area contributed by atoms with Crippen LogP contribution in [0.15, 0.2) is 54.6 Å². The first kappa shape index (κ1) is 19.2. The second-order valence-electron chi connectivity index (χ2n) is 7.58. The van der Waals surface area contributed by atoms with Gasteiger partial charge in [0.25, 0.3) is 0 Å². The van der Waals surface area contributed by atoms with Gasteiger partial charge in [-0.05, 0) is 44.2 Å². The number of aryl methyl sites for hydroxylation is 2. The number of amides is 2. The predicted octanol–water partition coefficient (Wildman–Crippen LogP) is 3.63. The third kappa shape index (κ3) is 4.57. The number of nitrogens with zero attached hydrogens (tertiary/aromatic N) is 1. The van der Waals surface area contributed by atoms with Crippen LogP contribution in [0.4, 0.5) is 0 Å². The minimum Gasteiger partial charge on any atom is -0.350 e. The molecule has 2 aromatic carbocycles. The highest BCUT2D eigenvalue weighted by molar-refractivity contribution is 5.94. The summed E-state index contributed by atoms with van der Waals surface area (Å²) in [6.07, 6.45) is 2.79. The van der Waals surface area contributed by atoms with E-state index in [1.54, 1.807) is 4.90 Å². The van der Waals surface area contributed by atoms with Gasteiger partial charge < -0.3 is 10.2 Å². The van der Waals surface area contributed by atoms with Crippen molar-refractivity contribution in [2.45, 2.75) is 51.6 Å². The number of hydrogen-bond donors (Lipinski definition) is 1. The molecule has 1 aliphatic rings. The smallest absolute Gasteiger partial charge is 0.245 e. The van der Waals surface area contributed by atoms with Gasteiger partial charge in [0.05, 0.1) is 0 Å². The molecule has 4 nitrogen and oxygen atoms in total. The third-order valence-electron chi connectivity index (χ3n) is 5.48. The fourth-order valence-electron chi connectivity index (χ4n) is 3.67. The van der Waals surface area contributed by atoms with Crippen LogP contribution in [0.3, 0.4) is 0 Å². The quantitative estimate of drug-likeness (QED) is 0.816. The molecule has 1 fully saturated rings. The molecule has 0 saturated carbocycles. The van der Waals surface area contributed by atoms with Gasteiger partial charge in [-0.25, -0.2) is 0 Å². The molecule has 1 aliphatic heterocycles. The third-order valence-corrected chi connectivity index (χ3v) is 5.48. The summed E-state index contributed by atoms with van der Waals surface area (Å²) in [5.74, 6) is 0.0182. The number of carbonyl (C=O) groups excluding carboxylic acids is 2. The Balaban J connectivity index is 1.58. The van der Waals surface area contributed by atoms with E-state index in [9.17, 15) is 9.59 Å². The highest BCUT2D eigenvalue weighted by Gasteiger charge is 2.46. The van der Waals surface area contributed by atoms with Crippen LogP contribution in [0.1, 0.15) is 42.9 Å². The summed E-state index contributed by atoms with van der Waals surface area (Å²) in [4.78, 5) is 27.1. The first-order valence-electron chi connectivity index (χ1n) is 9.67. The molecule has 1 atom stereocenters. The lowest BCUT2D eigenvalue weighted by Gasteiger charge is -2.34.